The van der Waals surface area contributed by atoms with Gasteiger partial charge in [0.05, 0.1) is 33.7 Å². The van der Waals surface area contributed by atoms with Crippen LogP contribution in [0.25, 0.3) is 10.2 Å². The van der Waals surface area contributed by atoms with Gasteiger partial charge in [-0.15, -0.1) is 11.3 Å². The van der Waals surface area contributed by atoms with E-state index in [9.17, 15) is 13.2 Å². The quantitative estimate of drug-likeness (QED) is 0.508. The molecule has 0 aliphatic carbocycles. The fourth-order valence-corrected chi connectivity index (χ4v) is 7.01. The van der Waals surface area contributed by atoms with E-state index in [1.807, 2.05) is 24.3 Å². The highest BCUT2D eigenvalue weighted by Crippen LogP contribution is 2.31. The largest absolute Gasteiger partial charge is 0.376 e. The number of sulfonamides is 1. The number of hydrogen-bond donors (Lipinski definition) is 0. The molecule has 11 heteroatoms. The second-order valence-corrected chi connectivity index (χ2v) is 11.9. The van der Waals surface area contributed by atoms with Crippen LogP contribution in [0, 0.1) is 0 Å². The topological polar surface area (TPSA) is 79.8 Å². The third kappa shape index (κ3) is 4.53. The molecule has 1 aromatic carbocycles. The highest BCUT2D eigenvalue weighted by Gasteiger charge is 2.30. The Morgan fingerprint density at radius 2 is 2.07 bits per heavy atom. The molecular formula is C19H20ClN3O4S3. The Balaban J connectivity index is 1.58. The standard InChI is InChI=1S/C19H20ClN3O4S3/c1-22(30(25,26)18-9-8-16(20)29-18)12-17(24)23(11-13-5-4-10-27-13)19-21-14-6-2-3-7-15(14)28-19/h2-3,6-9,13H,4-5,10-12H2,1H3. The Bertz CT molecular complexity index is 1120. The molecule has 1 atom stereocenters. The van der Waals surface area contributed by atoms with Crippen LogP contribution in [-0.4, -0.2) is 56.5 Å². The molecule has 1 amide bonds. The minimum atomic E-state index is -3.81. The molecule has 4 rings (SSSR count). The Labute approximate surface area is 187 Å². The molecule has 1 fully saturated rings. The predicted octanol–water partition coefficient (Wildman–Crippen LogP) is 3.84. The number of anilines is 1. The smallest absolute Gasteiger partial charge is 0.252 e. The van der Waals surface area contributed by atoms with Crippen molar-refractivity contribution in [3.63, 3.8) is 0 Å². The number of benzene rings is 1. The minimum Gasteiger partial charge on any atom is -0.376 e. The Hall–Kier alpha value is -1.56. The van der Waals surface area contributed by atoms with Crippen LogP contribution in [0.1, 0.15) is 12.8 Å². The number of carbonyl (C=O) groups is 1. The van der Waals surface area contributed by atoms with Crippen LogP contribution in [0.5, 0.6) is 0 Å². The number of carbonyl (C=O) groups excluding carboxylic acids is 1. The molecule has 3 heterocycles. The van der Waals surface area contributed by atoms with Gasteiger partial charge in [0.2, 0.25) is 5.91 Å². The summed E-state index contributed by atoms with van der Waals surface area (Å²) in [5.41, 5.74) is 0.803. The van der Waals surface area contributed by atoms with Crippen molar-refractivity contribution in [2.24, 2.45) is 0 Å². The van der Waals surface area contributed by atoms with E-state index < -0.39 is 10.0 Å². The van der Waals surface area contributed by atoms with Crippen LogP contribution in [0.2, 0.25) is 4.34 Å². The number of amides is 1. The summed E-state index contributed by atoms with van der Waals surface area (Å²) in [6.07, 6.45) is 1.72. The molecule has 0 N–H and O–H groups in total. The van der Waals surface area contributed by atoms with Crippen LogP contribution < -0.4 is 4.90 Å². The molecule has 1 unspecified atom stereocenters. The van der Waals surface area contributed by atoms with Gasteiger partial charge in [0.1, 0.15) is 4.21 Å². The number of nitrogens with zero attached hydrogens (tertiary/aromatic N) is 3. The third-order valence-electron chi connectivity index (χ3n) is 4.80. The first kappa shape index (κ1) is 21.7. The van der Waals surface area contributed by atoms with Crippen molar-refractivity contribution in [2.75, 3.05) is 31.6 Å². The van der Waals surface area contributed by atoms with E-state index in [1.165, 1.54) is 30.5 Å². The third-order valence-corrected chi connectivity index (χ3v) is 9.36. The molecule has 0 saturated carbocycles. The molecule has 3 aromatic rings. The molecule has 1 aliphatic rings. The van der Waals surface area contributed by atoms with Crippen LogP contribution in [0.4, 0.5) is 5.13 Å². The Morgan fingerprint density at radius 3 is 2.73 bits per heavy atom. The second-order valence-electron chi connectivity index (χ2n) is 6.92. The molecule has 7 nitrogen and oxygen atoms in total. The number of thiophene rings is 1. The maximum absolute atomic E-state index is 13.2. The first-order chi connectivity index (χ1) is 14.3. The minimum absolute atomic E-state index is 0.0843. The van der Waals surface area contributed by atoms with Crippen molar-refractivity contribution >= 4 is 65.6 Å². The van der Waals surface area contributed by atoms with E-state index in [2.05, 4.69) is 4.98 Å². The van der Waals surface area contributed by atoms with Gasteiger partial charge in [0, 0.05) is 13.7 Å². The van der Waals surface area contributed by atoms with Crippen LogP contribution in [0.15, 0.2) is 40.6 Å². The van der Waals surface area contributed by atoms with E-state index in [4.69, 9.17) is 16.3 Å². The molecule has 160 valence electrons. The van der Waals surface area contributed by atoms with Gasteiger partial charge in [-0.3, -0.25) is 9.69 Å². The van der Waals surface area contributed by atoms with E-state index >= 15 is 0 Å². The van der Waals surface area contributed by atoms with E-state index in [-0.39, 0.29) is 22.8 Å². The van der Waals surface area contributed by atoms with Crippen molar-refractivity contribution in [1.82, 2.24) is 9.29 Å². The zero-order chi connectivity index (χ0) is 21.3. The van der Waals surface area contributed by atoms with Crippen molar-refractivity contribution in [3.05, 3.63) is 40.7 Å². The number of ether oxygens (including phenoxy) is 1. The predicted molar refractivity (Wildman–Crippen MR) is 120 cm³/mol. The normalized spacial score (nSPS) is 17.1. The van der Waals surface area contributed by atoms with Gasteiger partial charge in [-0.1, -0.05) is 35.1 Å². The van der Waals surface area contributed by atoms with Crippen LogP contribution >= 0.6 is 34.3 Å². The Kier molecular flexibility index (Phi) is 6.42. The fraction of sp³-hybridized carbons (Fsp3) is 0.368. The van der Waals surface area contributed by atoms with Gasteiger partial charge >= 0.3 is 0 Å². The molecule has 1 saturated heterocycles. The zero-order valence-electron chi connectivity index (χ0n) is 16.2. The van der Waals surface area contributed by atoms with E-state index in [0.29, 0.717) is 22.6 Å². The summed E-state index contributed by atoms with van der Waals surface area (Å²) in [6.45, 7) is 0.706. The van der Waals surface area contributed by atoms with Crippen molar-refractivity contribution in [3.8, 4) is 0 Å². The van der Waals surface area contributed by atoms with Crippen LogP contribution in [0.3, 0.4) is 0 Å². The maximum atomic E-state index is 13.2. The highest BCUT2D eigenvalue weighted by molar-refractivity contribution is 7.91. The Morgan fingerprint density at radius 1 is 1.27 bits per heavy atom. The number of halogens is 1. The lowest BCUT2D eigenvalue weighted by Crippen LogP contribution is -2.44. The summed E-state index contributed by atoms with van der Waals surface area (Å²) >= 11 is 8.25. The molecule has 0 spiro atoms. The monoisotopic (exact) mass is 485 g/mol. The summed E-state index contributed by atoms with van der Waals surface area (Å²) in [6, 6.07) is 10.6. The summed E-state index contributed by atoms with van der Waals surface area (Å²) in [7, 11) is -2.42. The lowest BCUT2D eigenvalue weighted by atomic mass is 10.2. The lowest BCUT2D eigenvalue weighted by molar-refractivity contribution is -0.119. The van der Waals surface area contributed by atoms with Gasteiger partial charge in [-0.25, -0.2) is 13.4 Å². The summed E-state index contributed by atoms with van der Waals surface area (Å²) in [4.78, 5) is 19.4. The van der Waals surface area contributed by atoms with Gasteiger partial charge in [0.25, 0.3) is 10.0 Å². The fourth-order valence-electron chi connectivity index (χ4n) is 3.20. The molecule has 0 bridgehead atoms. The van der Waals surface area contributed by atoms with Gasteiger partial charge in [0.15, 0.2) is 5.13 Å². The maximum Gasteiger partial charge on any atom is 0.252 e. The average molecular weight is 486 g/mol. The van der Waals surface area contributed by atoms with E-state index in [1.54, 1.807) is 4.90 Å². The molecule has 0 radical (unpaired) electrons. The number of rotatable bonds is 7. The number of fused-ring (bicyclic) bond motifs is 1. The van der Waals surface area contributed by atoms with Gasteiger partial charge < -0.3 is 4.74 Å². The van der Waals surface area contributed by atoms with E-state index in [0.717, 1.165) is 38.7 Å². The average Bonchev–Trinajstić information content (AvgIpc) is 3.46. The van der Waals surface area contributed by atoms with Gasteiger partial charge in [-0.05, 0) is 37.1 Å². The summed E-state index contributed by atoms with van der Waals surface area (Å²) < 4.78 is 33.8. The van der Waals surface area contributed by atoms with Gasteiger partial charge in [-0.2, -0.15) is 4.31 Å². The molecular weight excluding hydrogens is 466 g/mol. The first-order valence-corrected chi connectivity index (χ1v) is 12.8. The SMILES string of the molecule is CN(CC(=O)N(CC1CCCO1)c1nc2ccccc2s1)S(=O)(=O)c1ccc(Cl)s1. The molecule has 1 aliphatic heterocycles. The molecule has 2 aromatic heterocycles. The number of likely N-dealkylation sites (N-methyl/N-ethyl adjacent to an activating group) is 1. The zero-order valence-corrected chi connectivity index (χ0v) is 19.4. The number of thiazole rings is 1. The van der Waals surface area contributed by atoms with Crippen molar-refractivity contribution < 1.29 is 17.9 Å². The second kappa shape index (κ2) is 8.89. The summed E-state index contributed by atoms with van der Waals surface area (Å²) in [5, 5.41) is 0.543. The number of hydrogen-bond acceptors (Lipinski definition) is 7. The van der Waals surface area contributed by atoms with Crippen molar-refractivity contribution in [2.45, 2.75) is 23.2 Å². The lowest BCUT2D eigenvalue weighted by Gasteiger charge is -2.25. The highest BCUT2D eigenvalue weighted by atomic mass is 35.5. The molecule has 30 heavy (non-hydrogen) atoms. The number of aromatic nitrogens is 1. The first-order valence-electron chi connectivity index (χ1n) is 9.34. The van der Waals surface area contributed by atoms with Crippen LogP contribution in [-0.2, 0) is 19.6 Å². The summed E-state index contributed by atoms with van der Waals surface area (Å²) in [5.74, 6) is -0.349. The number of para-hydroxylation sites is 1. The van der Waals surface area contributed by atoms with Crippen molar-refractivity contribution in [1.29, 1.82) is 0 Å².